The second-order valence-corrected chi connectivity index (χ2v) is 6.30. The highest BCUT2D eigenvalue weighted by Gasteiger charge is 2.37. The summed E-state index contributed by atoms with van der Waals surface area (Å²) in [6, 6.07) is 16.5. The first-order valence-corrected chi connectivity index (χ1v) is 8.27. The van der Waals surface area contributed by atoms with Gasteiger partial charge in [0.05, 0.1) is 16.9 Å². The van der Waals surface area contributed by atoms with Crippen molar-refractivity contribution in [3.05, 3.63) is 65.2 Å². The fourth-order valence-corrected chi connectivity index (χ4v) is 3.19. The summed E-state index contributed by atoms with van der Waals surface area (Å²) in [6.45, 7) is 0.227. The van der Waals surface area contributed by atoms with E-state index in [4.69, 9.17) is 10.00 Å². The molecule has 0 bridgehead atoms. The zero-order chi connectivity index (χ0) is 18.6. The number of nitriles is 1. The van der Waals surface area contributed by atoms with Crippen LogP contribution in [0.3, 0.4) is 0 Å². The molecule has 0 saturated carbocycles. The minimum Gasteiger partial charge on any atom is -0.376 e. The van der Waals surface area contributed by atoms with Crippen molar-refractivity contribution >= 4 is 17.5 Å². The van der Waals surface area contributed by atoms with Crippen LogP contribution in [-0.2, 0) is 27.2 Å². The van der Waals surface area contributed by atoms with Crippen LogP contribution in [0.2, 0.25) is 0 Å². The number of anilines is 1. The summed E-state index contributed by atoms with van der Waals surface area (Å²) in [5.74, 6) is -1.57. The van der Waals surface area contributed by atoms with Crippen LogP contribution in [0.25, 0.3) is 0 Å². The van der Waals surface area contributed by atoms with Gasteiger partial charge in [0.25, 0.3) is 0 Å². The van der Waals surface area contributed by atoms with Crippen LogP contribution in [-0.4, -0.2) is 31.1 Å². The van der Waals surface area contributed by atoms with E-state index < -0.39 is 17.4 Å². The van der Waals surface area contributed by atoms with E-state index in [0.717, 1.165) is 0 Å². The molecule has 0 saturated heterocycles. The van der Waals surface area contributed by atoms with E-state index >= 15 is 0 Å². The largest absolute Gasteiger partial charge is 0.376 e. The molecular weight excluding hydrogens is 330 g/mol. The van der Waals surface area contributed by atoms with Gasteiger partial charge < -0.3 is 15.4 Å². The van der Waals surface area contributed by atoms with Crippen LogP contribution in [0, 0.1) is 11.3 Å². The Kier molecular flexibility index (Phi) is 5.01. The van der Waals surface area contributed by atoms with Crippen molar-refractivity contribution in [3.8, 4) is 6.07 Å². The number of fused-ring (bicyclic) bond motifs is 1. The van der Waals surface area contributed by atoms with Gasteiger partial charge in [-0.3, -0.25) is 9.59 Å². The summed E-state index contributed by atoms with van der Waals surface area (Å²) in [6.07, 6.45) is 1.36. The number of nitrogens with zero attached hydrogens (tertiary/aromatic N) is 1. The molecule has 0 spiro atoms. The number of benzene rings is 2. The molecule has 0 radical (unpaired) electrons. The van der Waals surface area contributed by atoms with Crippen molar-refractivity contribution < 1.29 is 14.3 Å². The van der Waals surface area contributed by atoms with Crippen molar-refractivity contribution in [2.24, 2.45) is 0 Å². The Labute approximate surface area is 151 Å². The standard InChI is InChI=1S/C20H19N3O3/c1-26-20(10-14-6-2-3-7-15(14)11-20)13-22-18(24)19(25)23-17-9-5-4-8-16(17)12-21/h2-9H,10-11,13H2,1H3,(H,22,24)(H,23,25). The first kappa shape index (κ1) is 17.6. The fourth-order valence-electron chi connectivity index (χ4n) is 3.19. The summed E-state index contributed by atoms with van der Waals surface area (Å²) in [5, 5.41) is 14.2. The molecule has 6 heteroatoms. The molecule has 3 rings (SSSR count). The van der Waals surface area contributed by atoms with Gasteiger partial charge in [-0.1, -0.05) is 36.4 Å². The number of carbonyl (C=O) groups excluding carboxylic acids is 2. The quantitative estimate of drug-likeness (QED) is 0.824. The van der Waals surface area contributed by atoms with Crippen molar-refractivity contribution in [2.45, 2.75) is 18.4 Å². The first-order chi connectivity index (χ1) is 12.6. The smallest absolute Gasteiger partial charge is 0.313 e. The molecule has 1 aliphatic rings. The Morgan fingerprint density at radius 1 is 1.08 bits per heavy atom. The molecule has 2 N–H and O–H groups in total. The van der Waals surface area contributed by atoms with Crippen LogP contribution in [0.1, 0.15) is 16.7 Å². The Hall–Kier alpha value is -3.17. The van der Waals surface area contributed by atoms with Crippen LogP contribution in [0.4, 0.5) is 5.69 Å². The van der Waals surface area contributed by atoms with E-state index in [1.54, 1.807) is 31.4 Å². The van der Waals surface area contributed by atoms with Gasteiger partial charge in [0.1, 0.15) is 6.07 Å². The normalized spacial score (nSPS) is 14.2. The van der Waals surface area contributed by atoms with Gasteiger partial charge in [0.15, 0.2) is 0 Å². The van der Waals surface area contributed by atoms with Crippen LogP contribution < -0.4 is 10.6 Å². The van der Waals surface area contributed by atoms with E-state index in [2.05, 4.69) is 10.6 Å². The molecule has 26 heavy (non-hydrogen) atoms. The van der Waals surface area contributed by atoms with E-state index in [-0.39, 0.29) is 6.54 Å². The molecule has 0 aliphatic heterocycles. The summed E-state index contributed by atoms with van der Waals surface area (Å²) >= 11 is 0. The first-order valence-electron chi connectivity index (χ1n) is 8.27. The minimum atomic E-state index is -0.811. The molecular formula is C20H19N3O3. The number of methoxy groups -OCH3 is 1. The maximum atomic E-state index is 12.2. The van der Waals surface area contributed by atoms with E-state index in [1.807, 2.05) is 30.3 Å². The lowest BCUT2D eigenvalue weighted by Crippen LogP contribution is -2.48. The van der Waals surface area contributed by atoms with E-state index in [1.165, 1.54) is 11.1 Å². The van der Waals surface area contributed by atoms with Crippen LogP contribution >= 0.6 is 0 Å². The van der Waals surface area contributed by atoms with Crippen molar-refractivity contribution in [1.82, 2.24) is 5.32 Å². The van der Waals surface area contributed by atoms with Gasteiger partial charge in [-0.05, 0) is 23.3 Å². The average Bonchev–Trinajstić information content (AvgIpc) is 3.05. The van der Waals surface area contributed by atoms with E-state index in [9.17, 15) is 9.59 Å². The van der Waals surface area contributed by atoms with Crippen LogP contribution in [0.15, 0.2) is 48.5 Å². The molecule has 0 atom stereocenters. The third-order valence-corrected chi connectivity index (χ3v) is 4.65. The predicted octanol–water partition coefficient (Wildman–Crippen LogP) is 1.80. The Morgan fingerprint density at radius 2 is 1.69 bits per heavy atom. The number of rotatable bonds is 4. The topological polar surface area (TPSA) is 91.2 Å². The minimum absolute atomic E-state index is 0.227. The molecule has 0 heterocycles. The zero-order valence-electron chi connectivity index (χ0n) is 14.4. The molecule has 6 nitrogen and oxygen atoms in total. The Balaban J connectivity index is 1.61. The molecule has 2 amide bonds. The third-order valence-electron chi connectivity index (χ3n) is 4.65. The lowest BCUT2D eigenvalue weighted by molar-refractivity contribution is -0.137. The zero-order valence-corrected chi connectivity index (χ0v) is 14.4. The third kappa shape index (κ3) is 3.58. The number of ether oxygens (including phenoxy) is 1. The summed E-state index contributed by atoms with van der Waals surface area (Å²) < 4.78 is 5.68. The Morgan fingerprint density at radius 3 is 2.31 bits per heavy atom. The molecule has 0 aromatic heterocycles. The molecule has 1 aliphatic carbocycles. The maximum absolute atomic E-state index is 12.2. The SMILES string of the molecule is COC1(CNC(=O)C(=O)Nc2ccccc2C#N)Cc2ccccc2C1. The molecule has 2 aromatic rings. The summed E-state index contributed by atoms with van der Waals surface area (Å²) in [4.78, 5) is 24.3. The summed E-state index contributed by atoms with van der Waals surface area (Å²) in [7, 11) is 1.61. The lowest BCUT2D eigenvalue weighted by atomic mass is 10.00. The molecule has 0 unspecified atom stereocenters. The van der Waals surface area contributed by atoms with Crippen molar-refractivity contribution in [1.29, 1.82) is 5.26 Å². The highest BCUT2D eigenvalue weighted by Crippen LogP contribution is 2.32. The predicted molar refractivity (Wildman–Crippen MR) is 96.4 cm³/mol. The number of carbonyl (C=O) groups is 2. The Bertz CT molecular complexity index is 861. The number of para-hydroxylation sites is 1. The van der Waals surface area contributed by atoms with Crippen molar-refractivity contribution in [3.63, 3.8) is 0 Å². The van der Waals surface area contributed by atoms with Gasteiger partial charge >= 0.3 is 11.8 Å². The van der Waals surface area contributed by atoms with Gasteiger partial charge in [0, 0.05) is 26.5 Å². The highest BCUT2D eigenvalue weighted by molar-refractivity contribution is 6.39. The van der Waals surface area contributed by atoms with Gasteiger partial charge in [-0.2, -0.15) is 5.26 Å². The molecule has 132 valence electrons. The summed E-state index contributed by atoms with van der Waals surface area (Å²) in [5.41, 5.74) is 2.44. The van der Waals surface area contributed by atoms with E-state index in [0.29, 0.717) is 24.1 Å². The number of amides is 2. The number of hydrogen-bond donors (Lipinski definition) is 2. The van der Waals surface area contributed by atoms with Gasteiger partial charge in [0.2, 0.25) is 0 Å². The number of hydrogen-bond acceptors (Lipinski definition) is 4. The lowest BCUT2D eigenvalue weighted by Gasteiger charge is -2.27. The fraction of sp³-hybridized carbons (Fsp3) is 0.250. The maximum Gasteiger partial charge on any atom is 0.313 e. The van der Waals surface area contributed by atoms with Gasteiger partial charge in [-0.25, -0.2) is 0 Å². The highest BCUT2D eigenvalue weighted by atomic mass is 16.5. The second-order valence-electron chi connectivity index (χ2n) is 6.30. The number of nitrogens with one attached hydrogen (secondary N) is 2. The molecule has 0 fully saturated rings. The monoisotopic (exact) mass is 349 g/mol. The second kappa shape index (κ2) is 7.38. The van der Waals surface area contributed by atoms with Crippen molar-refractivity contribution in [2.75, 3.05) is 19.0 Å². The van der Waals surface area contributed by atoms with Crippen LogP contribution in [0.5, 0.6) is 0 Å². The molecule has 2 aromatic carbocycles. The average molecular weight is 349 g/mol. The van der Waals surface area contributed by atoms with Gasteiger partial charge in [-0.15, -0.1) is 0 Å².